The van der Waals surface area contributed by atoms with E-state index in [1.807, 2.05) is 17.0 Å². The lowest BCUT2D eigenvalue weighted by atomic mass is 10.0. The number of hydrogen-bond acceptors (Lipinski definition) is 3. The van der Waals surface area contributed by atoms with Crippen molar-refractivity contribution in [3.8, 4) is 0 Å². The van der Waals surface area contributed by atoms with E-state index < -0.39 is 11.7 Å². The first-order chi connectivity index (χ1) is 12.8. The molecule has 0 amide bonds. The third-order valence-electron chi connectivity index (χ3n) is 4.74. The smallest absolute Gasteiger partial charge is 0.416 e. The Labute approximate surface area is 161 Å². The molecule has 27 heavy (non-hydrogen) atoms. The fourth-order valence-electron chi connectivity index (χ4n) is 3.21. The standard InChI is InChI=1S/C19H22F3N3OS/c1-24-9-7-16(8-10-24)25(13-17-6-3-11-26-17)18(27)23-15-5-2-4-14(12-15)19(20,21)22/h2-6,11-12,16H,7-10,13H2,1H3,(H,23,27). The zero-order valence-electron chi connectivity index (χ0n) is 15.0. The van der Waals surface area contributed by atoms with Crippen LogP contribution in [0.2, 0.25) is 0 Å². The average molecular weight is 397 g/mol. The molecule has 1 fully saturated rings. The molecule has 0 saturated carbocycles. The van der Waals surface area contributed by atoms with Gasteiger partial charge in [0.05, 0.1) is 18.4 Å². The molecular weight excluding hydrogens is 375 g/mol. The maximum absolute atomic E-state index is 13.0. The summed E-state index contributed by atoms with van der Waals surface area (Å²) >= 11 is 5.56. The van der Waals surface area contributed by atoms with Crippen LogP contribution in [0.25, 0.3) is 0 Å². The fraction of sp³-hybridized carbons (Fsp3) is 0.421. The number of thiocarbonyl (C=S) groups is 1. The number of alkyl halides is 3. The van der Waals surface area contributed by atoms with Crippen molar-refractivity contribution < 1.29 is 17.6 Å². The second kappa shape index (κ2) is 8.31. The molecule has 0 aliphatic carbocycles. The van der Waals surface area contributed by atoms with Crippen LogP contribution in [0.3, 0.4) is 0 Å². The number of likely N-dealkylation sites (tertiary alicyclic amines) is 1. The van der Waals surface area contributed by atoms with E-state index in [0.29, 0.717) is 17.3 Å². The fourth-order valence-corrected chi connectivity index (χ4v) is 3.54. The predicted octanol–water partition coefficient (Wildman–Crippen LogP) is 4.59. The largest absolute Gasteiger partial charge is 0.467 e. The van der Waals surface area contributed by atoms with E-state index in [9.17, 15) is 13.2 Å². The van der Waals surface area contributed by atoms with Crippen molar-refractivity contribution in [2.75, 3.05) is 25.5 Å². The van der Waals surface area contributed by atoms with Gasteiger partial charge in [0.25, 0.3) is 0 Å². The zero-order valence-corrected chi connectivity index (χ0v) is 15.8. The molecule has 2 heterocycles. The van der Waals surface area contributed by atoms with Crippen molar-refractivity contribution in [1.82, 2.24) is 9.80 Å². The van der Waals surface area contributed by atoms with Gasteiger partial charge in [0, 0.05) is 11.7 Å². The normalized spacial score (nSPS) is 16.3. The quantitative estimate of drug-likeness (QED) is 0.763. The topological polar surface area (TPSA) is 31.6 Å². The number of rotatable bonds is 4. The van der Waals surface area contributed by atoms with E-state index in [1.54, 1.807) is 12.3 Å². The number of hydrogen-bond donors (Lipinski definition) is 1. The van der Waals surface area contributed by atoms with Gasteiger partial charge in [0.1, 0.15) is 5.76 Å². The molecule has 0 spiro atoms. The molecule has 8 heteroatoms. The Kier molecular flexibility index (Phi) is 6.06. The third-order valence-corrected chi connectivity index (χ3v) is 5.07. The van der Waals surface area contributed by atoms with Crippen molar-refractivity contribution in [1.29, 1.82) is 0 Å². The lowest BCUT2D eigenvalue weighted by molar-refractivity contribution is -0.137. The summed E-state index contributed by atoms with van der Waals surface area (Å²) < 4.78 is 44.3. The first-order valence-electron chi connectivity index (χ1n) is 8.79. The number of halogens is 3. The van der Waals surface area contributed by atoms with Crippen LogP contribution < -0.4 is 5.32 Å². The van der Waals surface area contributed by atoms with Crippen molar-refractivity contribution in [3.63, 3.8) is 0 Å². The van der Waals surface area contributed by atoms with Crippen LogP contribution in [0, 0.1) is 0 Å². The molecule has 0 radical (unpaired) electrons. The summed E-state index contributed by atoms with van der Waals surface area (Å²) in [6.45, 7) is 2.38. The first kappa shape index (κ1) is 19.7. The summed E-state index contributed by atoms with van der Waals surface area (Å²) in [4.78, 5) is 4.27. The summed E-state index contributed by atoms with van der Waals surface area (Å²) in [6, 6.07) is 8.97. The predicted molar refractivity (Wildman–Crippen MR) is 102 cm³/mol. The Morgan fingerprint density at radius 2 is 2.00 bits per heavy atom. The number of nitrogens with zero attached hydrogens (tertiary/aromatic N) is 2. The van der Waals surface area contributed by atoms with Gasteiger partial charge in [-0.1, -0.05) is 6.07 Å². The second-order valence-corrected chi connectivity index (χ2v) is 7.14. The minimum Gasteiger partial charge on any atom is -0.467 e. The summed E-state index contributed by atoms with van der Waals surface area (Å²) in [7, 11) is 2.08. The zero-order chi connectivity index (χ0) is 19.4. The van der Waals surface area contributed by atoms with E-state index in [1.165, 1.54) is 6.07 Å². The van der Waals surface area contributed by atoms with E-state index in [0.717, 1.165) is 43.8 Å². The lowest BCUT2D eigenvalue weighted by Gasteiger charge is -2.38. The van der Waals surface area contributed by atoms with Gasteiger partial charge in [0.15, 0.2) is 5.11 Å². The molecule has 0 bridgehead atoms. The van der Waals surface area contributed by atoms with E-state index in [2.05, 4.69) is 17.3 Å². The minimum atomic E-state index is -4.39. The number of anilines is 1. The summed E-state index contributed by atoms with van der Waals surface area (Å²) in [6.07, 6.45) is -0.921. The molecule has 1 saturated heterocycles. The van der Waals surface area contributed by atoms with Gasteiger partial charge in [-0.05, 0) is 75.5 Å². The Balaban J connectivity index is 1.76. The maximum atomic E-state index is 13.0. The first-order valence-corrected chi connectivity index (χ1v) is 9.19. The van der Waals surface area contributed by atoms with Gasteiger partial charge in [-0.15, -0.1) is 0 Å². The molecule has 1 aromatic heterocycles. The molecule has 2 aromatic rings. The van der Waals surface area contributed by atoms with Gasteiger partial charge >= 0.3 is 6.18 Å². The number of benzene rings is 1. The SMILES string of the molecule is CN1CCC(N(Cc2ccco2)C(=S)Nc2cccc(C(F)(F)F)c2)CC1. The summed E-state index contributed by atoms with van der Waals surface area (Å²) in [5, 5.41) is 3.38. The summed E-state index contributed by atoms with van der Waals surface area (Å²) in [5.74, 6) is 0.766. The highest BCUT2D eigenvalue weighted by molar-refractivity contribution is 7.80. The van der Waals surface area contributed by atoms with Gasteiger partial charge in [-0.25, -0.2) is 0 Å². The molecule has 146 valence electrons. The molecule has 1 N–H and O–H groups in total. The van der Waals surface area contributed by atoms with E-state index in [4.69, 9.17) is 16.6 Å². The Bertz CT molecular complexity index is 756. The van der Waals surface area contributed by atoms with Gasteiger partial charge in [-0.2, -0.15) is 13.2 Å². The molecule has 3 rings (SSSR count). The molecule has 1 aliphatic rings. The Hall–Kier alpha value is -2.06. The lowest BCUT2D eigenvalue weighted by Crippen LogP contribution is -2.47. The number of piperidine rings is 1. The number of nitrogens with one attached hydrogen (secondary N) is 1. The van der Waals surface area contributed by atoms with Crippen LogP contribution >= 0.6 is 12.2 Å². The van der Waals surface area contributed by atoms with E-state index >= 15 is 0 Å². The molecule has 1 aliphatic heterocycles. The van der Waals surface area contributed by atoms with Crippen LogP contribution in [0.1, 0.15) is 24.2 Å². The van der Waals surface area contributed by atoms with Crippen molar-refractivity contribution in [2.45, 2.75) is 31.6 Å². The van der Waals surface area contributed by atoms with E-state index in [-0.39, 0.29) is 6.04 Å². The third kappa shape index (κ3) is 5.23. The van der Waals surface area contributed by atoms with Crippen LogP contribution in [-0.2, 0) is 12.7 Å². The molecule has 4 nitrogen and oxygen atoms in total. The monoisotopic (exact) mass is 397 g/mol. The average Bonchev–Trinajstić information content (AvgIpc) is 3.13. The summed E-state index contributed by atoms with van der Waals surface area (Å²) in [5.41, 5.74) is -0.376. The Morgan fingerprint density at radius 3 is 2.63 bits per heavy atom. The van der Waals surface area contributed by atoms with Gasteiger partial charge in [-0.3, -0.25) is 0 Å². The number of furan rings is 1. The van der Waals surface area contributed by atoms with Crippen LogP contribution in [0.5, 0.6) is 0 Å². The highest BCUT2D eigenvalue weighted by atomic mass is 32.1. The van der Waals surface area contributed by atoms with Crippen LogP contribution in [0.15, 0.2) is 47.1 Å². The highest BCUT2D eigenvalue weighted by Crippen LogP contribution is 2.31. The molecule has 0 unspecified atom stereocenters. The molecule has 0 atom stereocenters. The van der Waals surface area contributed by atoms with Crippen molar-refractivity contribution in [3.05, 3.63) is 54.0 Å². The molecular formula is C19H22F3N3OS. The Morgan fingerprint density at radius 1 is 1.26 bits per heavy atom. The van der Waals surface area contributed by atoms with Crippen molar-refractivity contribution in [2.24, 2.45) is 0 Å². The molecule has 1 aromatic carbocycles. The van der Waals surface area contributed by atoms with Crippen molar-refractivity contribution >= 4 is 23.0 Å². The minimum absolute atomic E-state index is 0.206. The van der Waals surface area contributed by atoms with Gasteiger partial charge < -0.3 is 19.5 Å². The highest BCUT2D eigenvalue weighted by Gasteiger charge is 2.31. The van der Waals surface area contributed by atoms with Gasteiger partial charge in [0.2, 0.25) is 0 Å². The van der Waals surface area contributed by atoms with Crippen LogP contribution in [-0.4, -0.2) is 41.1 Å². The van der Waals surface area contributed by atoms with Crippen LogP contribution in [0.4, 0.5) is 18.9 Å². The maximum Gasteiger partial charge on any atom is 0.416 e. The second-order valence-electron chi connectivity index (χ2n) is 6.75.